The Morgan fingerprint density at radius 1 is 1.54 bits per heavy atom. The van der Waals surface area contributed by atoms with Crippen molar-refractivity contribution >= 4 is 5.91 Å². The van der Waals surface area contributed by atoms with Crippen LogP contribution in [0.4, 0.5) is 0 Å². The molecule has 3 atom stereocenters. The zero-order valence-electron chi connectivity index (χ0n) is 8.55. The van der Waals surface area contributed by atoms with Crippen LogP contribution in [0.25, 0.3) is 0 Å². The van der Waals surface area contributed by atoms with E-state index in [1.807, 2.05) is 0 Å². The van der Waals surface area contributed by atoms with Crippen LogP contribution in [0.1, 0.15) is 39.5 Å². The molecule has 2 unspecified atom stereocenters. The Morgan fingerprint density at radius 2 is 2.23 bits per heavy atom. The predicted molar refractivity (Wildman–Crippen MR) is 53.2 cm³/mol. The number of carbonyl (C=O) groups excluding carboxylic acids is 1. The van der Waals surface area contributed by atoms with Gasteiger partial charge in [0.15, 0.2) is 0 Å². The summed E-state index contributed by atoms with van der Waals surface area (Å²) in [5.74, 6) is 0.728. The van der Waals surface area contributed by atoms with Crippen LogP contribution in [0.2, 0.25) is 0 Å². The van der Waals surface area contributed by atoms with Crippen LogP contribution in [0, 0.1) is 5.92 Å². The Hall–Kier alpha value is -0.570. The van der Waals surface area contributed by atoms with E-state index < -0.39 is 0 Å². The average Bonchev–Trinajstić information content (AvgIpc) is 2.04. The lowest BCUT2D eigenvalue weighted by molar-refractivity contribution is -0.123. The Balaban J connectivity index is 2.31. The van der Waals surface area contributed by atoms with Gasteiger partial charge in [0.2, 0.25) is 5.91 Å². The molecule has 3 N–H and O–H groups in total. The smallest absolute Gasteiger partial charge is 0.236 e. The molecule has 3 nitrogen and oxygen atoms in total. The number of rotatable bonds is 2. The van der Waals surface area contributed by atoms with Crippen LogP contribution < -0.4 is 11.1 Å². The lowest BCUT2D eigenvalue weighted by Gasteiger charge is -2.27. The Kier molecular flexibility index (Phi) is 3.72. The fraction of sp³-hybridized carbons (Fsp3) is 0.900. The van der Waals surface area contributed by atoms with Gasteiger partial charge in [-0.05, 0) is 25.7 Å². The van der Waals surface area contributed by atoms with Crippen LogP contribution in [0.5, 0.6) is 0 Å². The highest BCUT2D eigenvalue weighted by Crippen LogP contribution is 2.23. The normalized spacial score (nSPS) is 31.0. The second-order valence-corrected chi connectivity index (χ2v) is 4.27. The highest BCUT2D eigenvalue weighted by Gasteiger charge is 2.21. The highest BCUT2D eigenvalue weighted by atomic mass is 16.2. The van der Waals surface area contributed by atoms with Crippen molar-refractivity contribution in [2.24, 2.45) is 11.7 Å². The van der Waals surface area contributed by atoms with Crippen molar-refractivity contribution in [3.8, 4) is 0 Å². The van der Waals surface area contributed by atoms with Crippen LogP contribution in [-0.2, 0) is 4.79 Å². The molecular formula is C10H20N2O. The van der Waals surface area contributed by atoms with Crippen molar-refractivity contribution in [1.29, 1.82) is 0 Å². The molecule has 1 saturated carbocycles. The van der Waals surface area contributed by atoms with E-state index in [0.717, 1.165) is 18.8 Å². The lowest BCUT2D eigenvalue weighted by Crippen LogP contribution is -2.45. The van der Waals surface area contributed by atoms with E-state index in [-0.39, 0.29) is 11.9 Å². The van der Waals surface area contributed by atoms with Gasteiger partial charge in [0, 0.05) is 6.04 Å². The van der Waals surface area contributed by atoms with E-state index in [1.54, 1.807) is 6.92 Å². The first-order valence-electron chi connectivity index (χ1n) is 5.15. The molecular weight excluding hydrogens is 164 g/mol. The van der Waals surface area contributed by atoms with Crippen molar-refractivity contribution in [1.82, 2.24) is 5.32 Å². The number of nitrogens with one attached hydrogen (secondary N) is 1. The van der Waals surface area contributed by atoms with E-state index >= 15 is 0 Å². The number of nitrogens with two attached hydrogens (primary N) is 1. The van der Waals surface area contributed by atoms with E-state index in [1.165, 1.54) is 12.8 Å². The molecule has 1 fully saturated rings. The minimum atomic E-state index is -0.378. The molecule has 0 radical (unpaired) electrons. The molecule has 1 aliphatic carbocycles. The van der Waals surface area contributed by atoms with Crippen molar-refractivity contribution < 1.29 is 4.79 Å². The van der Waals surface area contributed by atoms with Gasteiger partial charge in [0.25, 0.3) is 0 Å². The van der Waals surface area contributed by atoms with Gasteiger partial charge in [-0.25, -0.2) is 0 Å². The van der Waals surface area contributed by atoms with Gasteiger partial charge in [-0.15, -0.1) is 0 Å². The summed E-state index contributed by atoms with van der Waals surface area (Å²) in [5.41, 5.74) is 5.48. The maximum Gasteiger partial charge on any atom is 0.236 e. The van der Waals surface area contributed by atoms with Crippen molar-refractivity contribution in [3.05, 3.63) is 0 Å². The van der Waals surface area contributed by atoms with Gasteiger partial charge in [-0.2, -0.15) is 0 Å². The van der Waals surface area contributed by atoms with Crippen LogP contribution in [0.15, 0.2) is 0 Å². The monoisotopic (exact) mass is 184 g/mol. The van der Waals surface area contributed by atoms with Crippen LogP contribution >= 0.6 is 0 Å². The maximum absolute atomic E-state index is 11.3. The van der Waals surface area contributed by atoms with Crippen LogP contribution in [0.3, 0.4) is 0 Å². The third-order valence-electron chi connectivity index (χ3n) is 2.70. The summed E-state index contributed by atoms with van der Waals surface area (Å²) in [6, 6.07) is -0.0144. The topological polar surface area (TPSA) is 55.1 Å². The zero-order valence-corrected chi connectivity index (χ0v) is 8.55. The third-order valence-corrected chi connectivity index (χ3v) is 2.70. The molecule has 0 aromatic carbocycles. The van der Waals surface area contributed by atoms with Gasteiger partial charge in [0.1, 0.15) is 0 Å². The van der Waals surface area contributed by atoms with Crippen molar-refractivity contribution in [3.63, 3.8) is 0 Å². The third kappa shape index (κ3) is 3.35. The molecule has 0 saturated heterocycles. The first-order chi connectivity index (χ1) is 6.09. The van der Waals surface area contributed by atoms with E-state index in [2.05, 4.69) is 12.2 Å². The average molecular weight is 184 g/mol. The summed E-state index contributed by atoms with van der Waals surface area (Å²) in [4.78, 5) is 11.3. The maximum atomic E-state index is 11.3. The quantitative estimate of drug-likeness (QED) is 0.673. The van der Waals surface area contributed by atoms with Gasteiger partial charge in [-0.1, -0.05) is 19.8 Å². The first kappa shape index (κ1) is 10.5. The van der Waals surface area contributed by atoms with E-state index in [0.29, 0.717) is 6.04 Å². The molecule has 0 aromatic heterocycles. The van der Waals surface area contributed by atoms with E-state index in [4.69, 9.17) is 5.73 Å². The summed E-state index contributed by atoms with van der Waals surface area (Å²) < 4.78 is 0. The zero-order chi connectivity index (χ0) is 9.84. The lowest BCUT2D eigenvalue weighted by atomic mass is 9.87. The van der Waals surface area contributed by atoms with Crippen molar-refractivity contribution in [2.75, 3.05) is 0 Å². The molecule has 76 valence electrons. The Labute approximate surface area is 80.1 Å². The Bertz CT molecular complexity index is 180. The predicted octanol–water partition coefficient (Wildman–Crippen LogP) is 1.03. The summed E-state index contributed by atoms with van der Waals surface area (Å²) in [7, 11) is 0. The molecule has 13 heavy (non-hydrogen) atoms. The number of hydrogen-bond acceptors (Lipinski definition) is 2. The first-order valence-corrected chi connectivity index (χ1v) is 5.15. The fourth-order valence-corrected chi connectivity index (χ4v) is 1.90. The Morgan fingerprint density at radius 3 is 2.77 bits per heavy atom. The summed E-state index contributed by atoms with van der Waals surface area (Å²) in [6.45, 7) is 3.96. The van der Waals surface area contributed by atoms with Crippen molar-refractivity contribution in [2.45, 2.75) is 51.6 Å². The number of amides is 1. The number of hydrogen-bond donors (Lipinski definition) is 2. The second-order valence-electron chi connectivity index (χ2n) is 4.27. The molecule has 0 bridgehead atoms. The molecule has 1 aliphatic rings. The summed E-state index contributed by atoms with van der Waals surface area (Å²) in [5, 5.41) is 2.98. The molecule has 0 heterocycles. The molecule has 0 aliphatic heterocycles. The molecule has 1 amide bonds. The highest BCUT2D eigenvalue weighted by molar-refractivity contribution is 5.81. The summed E-state index contributed by atoms with van der Waals surface area (Å²) >= 11 is 0. The minimum absolute atomic E-state index is 0.0147. The molecule has 3 heteroatoms. The number of carbonyl (C=O) groups is 1. The largest absolute Gasteiger partial charge is 0.352 e. The molecule has 0 aromatic rings. The second kappa shape index (κ2) is 4.61. The fourth-order valence-electron chi connectivity index (χ4n) is 1.90. The SMILES string of the molecule is CC1CCCC(NC(=O)[C@H](C)N)C1. The van der Waals surface area contributed by atoms with Gasteiger partial charge >= 0.3 is 0 Å². The summed E-state index contributed by atoms with van der Waals surface area (Å²) in [6.07, 6.45) is 4.75. The van der Waals surface area contributed by atoms with E-state index in [9.17, 15) is 4.79 Å². The van der Waals surface area contributed by atoms with Crippen LogP contribution in [-0.4, -0.2) is 18.0 Å². The van der Waals surface area contributed by atoms with Gasteiger partial charge in [0.05, 0.1) is 6.04 Å². The van der Waals surface area contributed by atoms with Gasteiger partial charge < -0.3 is 11.1 Å². The van der Waals surface area contributed by atoms with Gasteiger partial charge in [-0.3, -0.25) is 4.79 Å². The standard InChI is InChI=1S/C10H20N2O/c1-7-4-3-5-9(6-7)12-10(13)8(2)11/h7-9H,3-6,11H2,1-2H3,(H,12,13)/t7?,8-,9?/m0/s1. The minimum Gasteiger partial charge on any atom is -0.352 e. The molecule has 1 rings (SSSR count). The molecule has 0 spiro atoms.